The SMILES string of the molecule is C[C@H]1CCCN([C@@H](CN)c2ccccc2Br)C1. The Morgan fingerprint density at radius 1 is 1.47 bits per heavy atom. The summed E-state index contributed by atoms with van der Waals surface area (Å²) in [5.74, 6) is 0.792. The molecule has 1 aliphatic heterocycles. The normalized spacial score (nSPS) is 23.6. The number of halogens is 1. The molecule has 3 heteroatoms. The summed E-state index contributed by atoms with van der Waals surface area (Å²) in [6.07, 6.45) is 2.64. The Kier molecular flexibility index (Phi) is 4.60. The molecule has 94 valence electrons. The second-order valence-corrected chi connectivity index (χ2v) is 5.87. The van der Waals surface area contributed by atoms with Gasteiger partial charge in [-0.05, 0) is 36.9 Å². The van der Waals surface area contributed by atoms with E-state index in [0.29, 0.717) is 12.6 Å². The summed E-state index contributed by atoms with van der Waals surface area (Å²) in [5, 5.41) is 0. The Balaban J connectivity index is 2.18. The van der Waals surface area contributed by atoms with Gasteiger partial charge in [0.1, 0.15) is 0 Å². The van der Waals surface area contributed by atoms with Crippen LogP contribution >= 0.6 is 15.9 Å². The van der Waals surface area contributed by atoms with E-state index in [4.69, 9.17) is 5.73 Å². The van der Waals surface area contributed by atoms with Gasteiger partial charge in [-0.25, -0.2) is 0 Å². The molecule has 0 radical (unpaired) electrons. The zero-order chi connectivity index (χ0) is 12.3. The van der Waals surface area contributed by atoms with Crippen LogP contribution in [0.4, 0.5) is 0 Å². The molecule has 1 saturated heterocycles. The Morgan fingerprint density at radius 2 is 2.24 bits per heavy atom. The van der Waals surface area contributed by atoms with Crippen LogP contribution in [0.25, 0.3) is 0 Å². The molecule has 2 atom stereocenters. The monoisotopic (exact) mass is 296 g/mol. The molecule has 0 aromatic heterocycles. The maximum absolute atomic E-state index is 5.99. The fourth-order valence-corrected chi connectivity index (χ4v) is 3.28. The standard InChI is InChI=1S/C14H21BrN2/c1-11-5-4-8-17(10-11)14(9-16)12-6-2-3-7-13(12)15/h2-3,6-7,11,14H,4-5,8-10,16H2,1H3/t11-,14-/m0/s1. The lowest BCUT2D eigenvalue weighted by Gasteiger charge is -2.37. The fourth-order valence-electron chi connectivity index (χ4n) is 2.73. The second kappa shape index (κ2) is 5.98. The van der Waals surface area contributed by atoms with Gasteiger partial charge in [-0.3, -0.25) is 4.90 Å². The van der Waals surface area contributed by atoms with Gasteiger partial charge < -0.3 is 5.73 Å². The number of benzene rings is 1. The first kappa shape index (κ1) is 13.1. The molecule has 0 aliphatic carbocycles. The summed E-state index contributed by atoms with van der Waals surface area (Å²) >= 11 is 3.64. The van der Waals surface area contributed by atoms with Gasteiger partial charge in [0, 0.05) is 23.6 Å². The van der Waals surface area contributed by atoms with E-state index < -0.39 is 0 Å². The van der Waals surface area contributed by atoms with Gasteiger partial charge >= 0.3 is 0 Å². The highest BCUT2D eigenvalue weighted by atomic mass is 79.9. The van der Waals surface area contributed by atoms with Gasteiger partial charge in [-0.1, -0.05) is 41.1 Å². The van der Waals surface area contributed by atoms with E-state index in [2.05, 4.69) is 52.0 Å². The quantitative estimate of drug-likeness (QED) is 0.928. The molecule has 0 bridgehead atoms. The van der Waals surface area contributed by atoms with Crippen molar-refractivity contribution in [3.63, 3.8) is 0 Å². The van der Waals surface area contributed by atoms with Crippen molar-refractivity contribution in [1.82, 2.24) is 4.90 Å². The molecular weight excluding hydrogens is 276 g/mol. The summed E-state index contributed by atoms with van der Waals surface area (Å²) < 4.78 is 1.17. The Labute approximate surface area is 112 Å². The number of piperidine rings is 1. The molecule has 0 spiro atoms. The molecule has 2 N–H and O–H groups in total. The molecule has 1 aromatic rings. The molecular formula is C14H21BrN2. The van der Waals surface area contributed by atoms with Crippen LogP contribution < -0.4 is 5.73 Å². The van der Waals surface area contributed by atoms with Crippen molar-refractivity contribution >= 4 is 15.9 Å². The lowest BCUT2D eigenvalue weighted by molar-refractivity contribution is 0.133. The highest BCUT2D eigenvalue weighted by Crippen LogP contribution is 2.30. The average molecular weight is 297 g/mol. The van der Waals surface area contributed by atoms with Gasteiger partial charge in [-0.15, -0.1) is 0 Å². The van der Waals surface area contributed by atoms with Crippen LogP contribution in [0, 0.1) is 5.92 Å². The molecule has 1 aliphatic rings. The predicted molar refractivity (Wildman–Crippen MR) is 75.9 cm³/mol. The number of rotatable bonds is 3. The Hall–Kier alpha value is -0.380. The van der Waals surface area contributed by atoms with E-state index in [1.165, 1.54) is 36.0 Å². The number of hydrogen-bond donors (Lipinski definition) is 1. The molecule has 1 aromatic carbocycles. The third-order valence-electron chi connectivity index (χ3n) is 3.62. The van der Waals surface area contributed by atoms with E-state index >= 15 is 0 Å². The van der Waals surface area contributed by atoms with Crippen molar-refractivity contribution in [1.29, 1.82) is 0 Å². The average Bonchev–Trinajstić information content (AvgIpc) is 2.33. The summed E-state index contributed by atoms with van der Waals surface area (Å²) in [7, 11) is 0. The van der Waals surface area contributed by atoms with E-state index in [0.717, 1.165) is 5.92 Å². The maximum atomic E-state index is 5.99. The van der Waals surface area contributed by atoms with Crippen LogP contribution in [0.5, 0.6) is 0 Å². The van der Waals surface area contributed by atoms with E-state index in [9.17, 15) is 0 Å². The van der Waals surface area contributed by atoms with Crippen molar-refractivity contribution in [2.45, 2.75) is 25.8 Å². The predicted octanol–water partition coefficient (Wildman–Crippen LogP) is 3.18. The topological polar surface area (TPSA) is 29.3 Å². The summed E-state index contributed by atoms with van der Waals surface area (Å²) in [5.41, 5.74) is 7.31. The number of likely N-dealkylation sites (tertiary alicyclic amines) is 1. The van der Waals surface area contributed by atoms with Crippen molar-refractivity contribution in [3.8, 4) is 0 Å². The fraction of sp³-hybridized carbons (Fsp3) is 0.571. The lowest BCUT2D eigenvalue weighted by atomic mass is 9.96. The minimum atomic E-state index is 0.355. The van der Waals surface area contributed by atoms with E-state index in [-0.39, 0.29) is 0 Å². The second-order valence-electron chi connectivity index (χ2n) is 5.02. The summed E-state index contributed by atoms with van der Waals surface area (Å²) in [6, 6.07) is 8.79. The highest BCUT2D eigenvalue weighted by Gasteiger charge is 2.25. The number of nitrogens with two attached hydrogens (primary N) is 1. The van der Waals surface area contributed by atoms with Gasteiger partial charge in [0.05, 0.1) is 0 Å². The van der Waals surface area contributed by atoms with Crippen LogP contribution in [0.2, 0.25) is 0 Å². The molecule has 2 nitrogen and oxygen atoms in total. The third kappa shape index (κ3) is 3.09. The number of hydrogen-bond acceptors (Lipinski definition) is 2. The number of nitrogens with zero attached hydrogens (tertiary/aromatic N) is 1. The zero-order valence-electron chi connectivity index (χ0n) is 10.4. The Morgan fingerprint density at radius 3 is 2.88 bits per heavy atom. The van der Waals surface area contributed by atoms with Crippen LogP contribution in [-0.2, 0) is 0 Å². The summed E-state index contributed by atoms with van der Waals surface area (Å²) in [4.78, 5) is 2.54. The Bertz CT molecular complexity index is 367. The van der Waals surface area contributed by atoms with E-state index in [1.54, 1.807) is 0 Å². The first-order valence-corrected chi connectivity index (χ1v) is 7.20. The van der Waals surface area contributed by atoms with Crippen LogP contribution in [0.3, 0.4) is 0 Å². The maximum Gasteiger partial charge on any atom is 0.0481 e. The highest BCUT2D eigenvalue weighted by molar-refractivity contribution is 9.10. The van der Waals surface area contributed by atoms with Crippen molar-refractivity contribution in [2.75, 3.05) is 19.6 Å². The molecule has 0 saturated carbocycles. The largest absolute Gasteiger partial charge is 0.329 e. The van der Waals surface area contributed by atoms with Crippen LogP contribution in [0.15, 0.2) is 28.7 Å². The molecule has 1 fully saturated rings. The smallest absolute Gasteiger partial charge is 0.0481 e. The molecule has 2 rings (SSSR count). The first-order valence-electron chi connectivity index (χ1n) is 6.41. The van der Waals surface area contributed by atoms with Gasteiger partial charge in [-0.2, -0.15) is 0 Å². The third-order valence-corrected chi connectivity index (χ3v) is 4.34. The molecule has 1 heterocycles. The van der Waals surface area contributed by atoms with Gasteiger partial charge in [0.15, 0.2) is 0 Å². The summed E-state index contributed by atoms with van der Waals surface area (Å²) in [6.45, 7) is 5.37. The lowest BCUT2D eigenvalue weighted by Crippen LogP contribution is -2.40. The minimum Gasteiger partial charge on any atom is -0.329 e. The minimum absolute atomic E-state index is 0.355. The van der Waals surface area contributed by atoms with Gasteiger partial charge in [0.2, 0.25) is 0 Å². The molecule has 17 heavy (non-hydrogen) atoms. The van der Waals surface area contributed by atoms with Gasteiger partial charge in [0.25, 0.3) is 0 Å². The van der Waals surface area contributed by atoms with Crippen molar-refractivity contribution < 1.29 is 0 Å². The van der Waals surface area contributed by atoms with Crippen LogP contribution in [0.1, 0.15) is 31.4 Å². The molecule has 0 unspecified atom stereocenters. The zero-order valence-corrected chi connectivity index (χ0v) is 12.0. The van der Waals surface area contributed by atoms with E-state index in [1.807, 2.05) is 0 Å². The van der Waals surface area contributed by atoms with Crippen molar-refractivity contribution in [3.05, 3.63) is 34.3 Å². The van der Waals surface area contributed by atoms with Crippen LogP contribution in [-0.4, -0.2) is 24.5 Å². The first-order chi connectivity index (χ1) is 8.22. The van der Waals surface area contributed by atoms with Crippen molar-refractivity contribution in [2.24, 2.45) is 11.7 Å². The molecule has 0 amide bonds.